The lowest BCUT2D eigenvalue weighted by Gasteiger charge is -2.14. The Labute approximate surface area is 107 Å². The summed E-state index contributed by atoms with van der Waals surface area (Å²) in [5.41, 5.74) is 2.18. The van der Waals surface area contributed by atoms with E-state index in [0.717, 1.165) is 4.47 Å². The number of rotatable bonds is 4. The fraction of sp³-hybridized carbons (Fsp3) is 0.300. The molecular formula is C10H11BrClNO3. The summed E-state index contributed by atoms with van der Waals surface area (Å²) >= 11 is 9.21. The van der Waals surface area contributed by atoms with Crippen LogP contribution in [0.3, 0.4) is 0 Å². The molecule has 0 saturated heterocycles. The van der Waals surface area contributed by atoms with Crippen molar-refractivity contribution in [2.45, 2.75) is 13.0 Å². The van der Waals surface area contributed by atoms with E-state index in [9.17, 15) is 4.79 Å². The van der Waals surface area contributed by atoms with Gasteiger partial charge in [0.05, 0.1) is 12.1 Å². The highest BCUT2D eigenvalue weighted by molar-refractivity contribution is 9.10. The van der Waals surface area contributed by atoms with Gasteiger partial charge >= 0.3 is 0 Å². The van der Waals surface area contributed by atoms with E-state index in [-0.39, 0.29) is 5.91 Å². The predicted molar refractivity (Wildman–Crippen MR) is 64.4 cm³/mol. The first-order valence-electron chi connectivity index (χ1n) is 4.49. The van der Waals surface area contributed by atoms with Crippen molar-refractivity contribution in [2.75, 3.05) is 7.11 Å². The number of hydroxylamine groups is 1. The Morgan fingerprint density at radius 1 is 1.56 bits per heavy atom. The van der Waals surface area contributed by atoms with Gasteiger partial charge in [-0.25, -0.2) is 5.48 Å². The first-order valence-corrected chi connectivity index (χ1v) is 5.66. The highest BCUT2D eigenvalue weighted by atomic mass is 79.9. The fourth-order valence-corrected chi connectivity index (χ4v) is 1.72. The van der Waals surface area contributed by atoms with Gasteiger partial charge in [0.25, 0.3) is 5.91 Å². The monoisotopic (exact) mass is 307 g/mol. The zero-order valence-corrected chi connectivity index (χ0v) is 11.1. The Bertz CT molecular complexity index is 386. The van der Waals surface area contributed by atoms with E-state index < -0.39 is 6.10 Å². The summed E-state index contributed by atoms with van der Waals surface area (Å²) in [6.07, 6.45) is -0.682. The number of hydrogen-bond acceptors (Lipinski definition) is 3. The molecule has 0 aliphatic heterocycles. The molecule has 1 N–H and O–H groups in total. The van der Waals surface area contributed by atoms with E-state index >= 15 is 0 Å². The van der Waals surface area contributed by atoms with Crippen molar-refractivity contribution in [3.05, 3.63) is 27.7 Å². The molecule has 1 unspecified atom stereocenters. The predicted octanol–water partition coefficient (Wildman–Crippen LogP) is 2.55. The van der Waals surface area contributed by atoms with E-state index in [1.54, 1.807) is 25.1 Å². The average molecular weight is 309 g/mol. The second kappa shape index (κ2) is 6.08. The van der Waals surface area contributed by atoms with E-state index in [1.807, 2.05) is 0 Å². The molecule has 1 rings (SSSR count). The zero-order valence-electron chi connectivity index (χ0n) is 8.79. The summed E-state index contributed by atoms with van der Waals surface area (Å²) in [4.78, 5) is 15.8. The van der Waals surface area contributed by atoms with Gasteiger partial charge in [0, 0.05) is 4.47 Å². The van der Waals surface area contributed by atoms with Gasteiger partial charge in [-0.15, -0.1) is 0 Å². The van der Waals surface area contributed by atoms with Crippen LogP contribution >= 0.6 is 27.5 Å². The Hall–Kier alpha value is -0.780. The number of hydrogen-bond donors (Lipinski definition) is 1. The third-order valence-corrected chi connectivity index (χ3v) is 2.56. The van der Waals surface area contributed by atoms with E-state index in [2.05, 4.69) is 26.2 Å². The van der Waals surface area contributed by atoms with Crippen LogP contribution in [0.4, 0.5) is 0 Å². The van der Waals surface area contributed by atoms with Crippen LogP contribution in [0.25, 0.3) is 0 Å². The summed E-state index contributed by atoms with van der Waals surface area (Å²) in [6.45, 7) is 1.60. The van der Waals surface area contributed by atoms with Gasteiger partial charge in [-0.2, -0.15) is 0 Å². The second-order valence-corrected chi connectivity index (χ2v) is 4.33. The van der Waals surface area contributed by atoms with Gasteiger partial charge in [-0.05, 0) is 25.1 Å². The maximum absolute atomic E-state index is 11.3. The standard InChI is InChI=1S/C10H11BrClNO3/c1-6(10(14)13-15-2)16-9-4-3-7(11)5-8(9)12/h3-6H,1-2H3,(H,13,14). The molecule has 1 aromatic carbocycles. The van der Waals surface area contributed by atoms with Crippen LogP contribution in [-0.4, -0.2) is 19.1 Å². The molecule has 0 bridgehead atoms. The lowest BCUT2D eigenvalue weighted by atomic mass is 10.3. The molecule has 0 fully saturated rings. The Balaban J connectivity index is 2.69. The summed E-state index contributed by atoms with van der Waals surface area (Å²) in [6, 6.07) is 5.16. The van der Waals surface area contributed by atoms with Crippen LogP contribution in [0, 0.1) is 0 Å². The number of ether oxygens (including phenoxy) is 1. The van der Waals surface area contributed by atoms with E-state index in [1.165, 1.54) is 7.11 Å². The lowest BCUT2D eigenvalue weighted by Crippen LogP contribution is -2.35. The molecule has 0 saturated carbocycles. The molecular weight excluding hydrogens is 297 g/mol. The van der Waals surface area contributed by atoms with Gasteiger partial charge in [0.15, 0.2) is 6.10 Å². The maximum Gasteiger partial charge on any atom is 0.284 e. The van der Waals surface area contributed by atoms with Gasteiger partial charge in [0.1, 0.15) is 5.75 Å². The highest BCUT2D eigenvalue weighted by Crippen LogP contribution is 2.28. The average Bonchev–Trinajstić information content (AvgIpc) is 2.22. The molecule has 0 aliphatic carbocycles. The van der Waals surface area contributed by atoms with Crippen molar-refractivity contribution in [1.29, 1.82) is 0 Å². The third-order valence-electron chi connectivity index (χ3n) is 1.77. The third kappa shape index (κ3) is 3.66. The van der Waals surface area contributed by atoms with Crippen LogP contribution in [0.2, 0.25) is 5.02 Å². The molecule has 0 aliphatic rings. The van der Waals surface area contributed by atoms with Gasteiger partial charge in [-0.3, -0.25) is 9.63 Å². The molecule has 16 heavy (non-hydrogen) atoms. The molecule has 1 atom stereocenters. The minimum absolute atomic E-state index is 0.374. The Morgan fingerprint density at radius 3 is 2.81 bits per heavy atom. The lowest BCUT2D eigenvalue weighted by molar-refractivity contribution is -0.137. The first-order chi connectivity index (χ1) is 7.54. The number of amides is 1. The first kappa shape index (κ1) is 13.3. The number of carbonyl (C=O) groups excluding carboxylic acids is 1. The minimum atomic E-state index is -0.682. The summed E-state index contributed by atoms with van der Waals surface area (Å²) in [5, 5.41) is 0.437. The van der Waals surface area contributed by atoms with Crippen LogP contribution in [0.5, 0.6) is 5.75 Å². The second-order valence-electron chi connectivity index (χ2n) is 3.01. The smallest absolute Gasteiger partial charge is 0.284 e. The molecule has 0 spiro atoms. The molecule has 0 heterocycles. The maximum atomic E-state index is 11.3. The van der Waals surface area contributed by atoms with Crippen molar-refractivity contribution < 1.29 is 14.4 Å². The molecule has 0 radical (unpaired) electrons. The normalized spacial score (nSPS) is 12.0. The molecule has 0 aromatic heterocycles. The van der Waals surface area contributed by atoms with E-state index in [0.29, 0.717) is 10.8 Å². The van der Waals surface area contributed by atoms with Crippen LogP contribution in [0.1, 0.15) is 6.92 Å². The number of nitrogens with one attached hydrogen (secondary N) is 1. The van der Waals surface area contributed by atoms with Crippen molar-refractivity contribution in [2.24, 2.45) is 0 Å². The fourth-order valence-electron chi connectivity index (χ4n) is 0.998. The molecule has 1 amide bonds. The van der Waals surface area contributed by atoms with Gasteiger partial charge < -0.3 is 4.74 Å². The Kier molecular flexibility index (Phi) is 5.05. The molecule has 88 valence electrons. The minimum Gasteiger partial charge on any atom is -0.479 e. The number of halogens is 2. The summed E-state index contributed by atoms with van der Waals surface area (Å²) in [7, 11) is 1.36. The Morgan fingerprint density at radius 2 is 2.25 bits per heavy atom. The van der Waals surface area contributed by atoms with Crippen LogP contribution in [0.15, 0.2) is 22.7 Å². The summed E-state index contributed by atoms with van der Waals surface area (Å²) in [5.74, 6) is 0.0742. The van der Waals surface area contributed by atoms with E-state index in [4.69, 9.17) is 16.3 Å². The molecule has 1 aromatic rings. The molecule has 6 heteroatoms. The van der Waals surface area contributed by atoms with Crippen LogP contribution < -0.4 is 10.2 Å². The van der Waals surface area contributed by atoms with Crippen molar-refractivity contribution in [3.63, 3.8) is 0 Å². The van der Waals surface area contributed by atoms with Gasteiger partial charge in [-0.1, -0.05) is 27.5 Å². The topological polar surface area (TPSA) is 47.6 Å². The number of benzene rings is 1. The largest absolute Gasteiger partial charge is 0.479 e. The van der Waals surface area contributed by atoms with Crippen LogP contribution in [-0.2, 0) is 9.63 Å². The highest BCUT2D eigenvalue weighted by Gasteiger charge is 2.15. The molecule has 4 nitrogen and oxygen atoms in total. The SMILES string of the molecule is CONC(=O)C(C)Oc1ccc(Br)cc1Cl. The van der Waals surface area contributed by atoms with Crippen molar-refractivity contribution in [1.82, 2.24) is 5.48 Å². The van der Waals surface area contributed by atoms with Crippen molar-refractivity contribution >= 4 is 33.4 Å². The quantitative estimate of drug-likeness (QED) is 0.870. The summed E-state index contributed by atoms with van der Waals surface area (Å²) < 4.78 is 6.22. The zero-order chi connectivity index (χ0) is 12.1. The van der Waals surface area contributed by atoms with Crippen molar-refractivity contribution in [3.8, 4) is 5.75 Å². The van der Waals surface area contributed by atoms with Gasteiger partial charge in [0.2, 0.25) is 0 Å². The number of carbonyl (C=O) groups is 1.